The Labute approximate surface area is 213 Å². The van der Waals surface area contributed by atoms with Crippen LogP contribution in [0.3, 0.4) is 0 Å². The van der Waals surface area contributed by atoms with Crippen LogP contribution in [0.2, 0.25) is 0 Å². The Kier molecular flexibility index (Phi) is 8.21. The largest absolute Gasteiger partial charge is 0.506 e. The Balaban J connectivity index is 1.56. The third-order valence-electron chi connectivity index (χ3n) is 6.39. The summed E-state index contributed by atoms with van der Waals surface area (Å²) in [5.41, 5.74) is 6.01. The van der Waals surface area contributed by atoms with Crippen molar-refractivity contribution in [3.05, 3.63) is 89.5 Å². The lowest BCUT2D eigenvalue weighted by atomic mass is 9.96. The first-order chi connectivity index (χ1) is 17.4. The molecule has 1 N–H and O–H groups in total. The lowest BCUT2D eigenvalue weighted by Crippen LogP contribution is -1.92. The maximum Gasteiger partial charge on any atom is 0.144 e. The molecule has 0 aliphatic carbocycles. The topological polar surface area (TPSA) is 69.7 Å². The summed E-state index contributed by atoms with van der Waals surface area (Å²) in [4.78, 5) is 0. The summed E-state index contributed by atoms with van der Waals surface area (Å²) < 4.78 is 0. The Morgan fingerprint density at radius 1 is 0.694 bits per heavy atom. The highest BCUT2D eigenvalue weighted by Gasteiger charge is 2.12. The first-order valence-corrected chi connectivity index (χ1v) is 12.7. The molecule has 4 rings (SSSR count). The number of hydrogen-bond acceptors (Lipinski definition) is 5. The maximum atomic E-state index is 10.8. The van der Waals surface area contributed by atoms with Crippen molar-refractivity contribution in [3.8, 4) is 5.75 Å². The van der Waals surface area contributed by atoms with Crippen molar-refractivity contribution in [1.82, 2.24) is 0 Å². The smallest absolute Gasteiger partial charge is 0.144 e. The van der Waals surface area contributed by atoms with Gasteiger partial charge in [-0.05, 0) is 85.0 Å². The highest BCUT2D eigenvalue weighted by molar-refractivity contribution is 5.97. The molecule has 5 nitrogen and oxygen atoms in total. The van der Waals surface area contributed by atoms with Gasteiger partial charge in [-0.1, -0.05) is 69.2 Å². The lowest BCUT2D eigenvalue weighted by Gasteiger charge is -2.11. The number of rotatable bonds is 9. The fourth-order valence-corrected chi connectivity index (χ4v) is 4.30. The van der Waals surface area contributed by atoms with Crippen LogP contribution >= 0.6 is 0 Å². The second-order valence-corrected chi connectivity index (χ2v) is 9.75. The Morgan fingerprint density at radius 2 is 1.39 bits per heavy atom. The second kappa shape index (κ2) is 11.7. The van der Waals surface area contributed by atoms with E-state index >= 15 is 0 Å². The molecule has 0 atom stereocenters. The first-order valence-electron chi connectivity index (χ1n) is 12.7. The van der Waals surface area contributed by atoms with Gasteiger partial charge in [-0.15, -0.1) is 5.11 Å². The average molecular weight is 479 g/mol. The quantitative estimate of drug-likeness (QED) is 0.189. The summed E-state index contributed by atoms with van der Waals surface area (Å²) >= 11 is 0. The Morgan fingerprint density at radius 3 is 2.14 bits per heavy atom. The van der Waals surface area contributed by atoms with Gasteiger partial charge in [0, 0.05) is 5.39 Å². The van der Waals surface area contributed by atoms with Crippen LogP contribution in [0.4, 0.5) is 22.7 Å². The standard InChI is InChI=1S/C31H34N4O/c1-21(2)11-5-7-13-24-20-30(36)31(27-15-9-8-14-26(24)27)35-34-29-18-17-25(19-23(29)4)32-33-28-16-10-6-12-22(28)3/h6,8-10,12,14-21,36H,5,7,11,13H2,1-4H3/b33-32+,35-34+. The highest BCUT2D eigenvalue weighted by Crippen LogP contribution is 2.39. The van der Waals surface area contributed by atoms with Crippen molar-refractivity contribution in [2.45, 2.75) is 53.4 Å². The van der Waals surface area contributed by atoms with E-state index in [1.54, 1.807) is 0 Å². The fraction of sp³-hybridized carbons (Fsp3) is 0.290. The normalized spacial score (nSPS) is 11.9. The predicted octanol–water partition coefficient (Wildman–Crippen LogP) is 10.4. The Bertz CT molecular complexity index is 1410. The van der Waals surface area contributed by atoms with E-state index in [1.807, 2.05) is 80.6 Å². The molecule has 0 spiro atoms. The third-order valence-corrected chi connectivity index (χ3v) is 6.39. The zero-order valence-electron chi connectivity index (χ0n) is 21.6. The SMILES string of the molecule is Cc1ccccc1/N=N/c1ccc(/N=N/c2c(O)cc(CCCCC(C)C)c3ccccc23)c(C)c1. The molecule has 0 saturated heterocycles. The van der Waals surface area contributed by atoms with E-state index in [1.165, 1.54) is 12.8 Å². The summed E-state index contributed by atoms with van der Waals surface area (Å²) in [6, 6.07) is 23.6. The lowest BCUT2D eigenvalue weighted by molar-refractivity contribution is 0.476. The van der Waals surface area contributed by atoms with Gasteiger partial charge in [-0.3, -0.25) is 0 Å². The number of nitrogens with zero attached hydrogens (tertiary/aromatic N) is 4. The summed E-state index contributed by atoms with van der Waals surface area (Å²) in [5, 5.41) is 30.6. The minimum Gasteiger partial charge on any atom is -0.506 e. The van der Waals surface area contributed by atoms with Gasteiger partial charge in [0.05, 0.1) is 17.1 Å². The molecule has 184 valence electrons. The molecule has 0 aliphatic rings. The molecule has 0 aromatic heterocycles. The molecule has 0 bridgehead atoms. The number of benzene rings is 4. The van der Waals surface area contributed by atoms with Crippen molar-refractivity contribution in [1.29, 1.82) is 0 Å². The minimum atomic E-state index is 0.164. The molecule has 36 heavy (non-hydrogen) atoms. The van der Waals surface area contributed by atoms with Crippen LogP contribution in [0.5, 0.6) is 5.75 Å². The van der Waals surface area contributed by atoms with Crippen molar-refractivity contribution >= 4 is 33.5 Å². The molecule has 4 aromatic rings. The van der Waals surface area contributed by atoms with Crippen LogP contribution in [0.1, 0.15) is 49.8 Å². The van der Waals surface area contributed by atoms with Gasteiger partial charge in [-0.25, -0.2) is 0 Å². The van der Waals surface area contributed by atoms with Gasteiger partial charge < -0.3 is 5.11 Å². The molecular weight excluding hydrogens is 444 g/mol. The Hall–Kier alpha value is -3.86. The molecule has 0 unspecified atom stereocenters. The first kappa shape index (κ1) is 25.2. The molecule has 0 aliphatic heterocycles. The van der Waals surface area contributed by atoms with Crippen molar-refractivity contribution in [2.75, 3.05) is 0 Å². The van der Waals surface area contributed by atoms with E-state index in [2.05, 4.69) is 40.4 Å². The van der Waals surface area contributed by atoms with Crippen molar-refractivity contribution < 1.29 is 5.11 Å². The van der Waals surface area contributed by atoms with Crippen LogP contribution in [0.15, 0.2) is 93.3 Å². The van der Waals surface area contributed by atoms with Crippen LogP contribution < -0.4 is 0 Å². The molecule has 0 fully saturated rings. The van der Waals surface area contributed by atoms with Crippen LogP contribution in [0, 0.1) is 19.8 Å². The molecule has 0 heterocycles. The molecule has 0 amide bonds. The average Bonchev–Trinajstić information content (AvgIpc) is 2.86. The van der Waals surface area contributed by atoms with E-state index in [-0.39, 0.29) is 5.75 Å². The summed E-state index contributed by atoms with van der Waals surface area (Å²) in [7, 11) is 0. The van der Waals surface area contributed by atoms with E-state index < -0.39 is 0 Å². The molecule has 4 aromatic carbocycles. The highest BCUT2D eigenvalue weighted by atomic mass is 16.3. The number of phenols is 1. The molecule has 0 radical (unpaired) electrons. The van der Waals surface area contributed by atoms with Gasteiger partial charge in [0.1, 0.15) is 11.4 Å². The number of aryl methyl sites for hydroxylation is 3. The van der Waals surface area contributed by atoms with E-state index in [9.17, 15) is 5.11 Å². The fourth-order valence-electron chi connectivity index (χ4n) is 4.30. The number of unbranched alkanes of at least 4 members (excludes halogenated alkanes) is 1. The maximum absolute atomic E-state index is 10.8. The zero-order valence-corrected chi connectivity index (χ0v) is 21.6. The number of hydrogen-bond donors (Lipinski definition) is 1. The number of phenolic OH excluding ortho intramolecular Hbond substituents is 1. The second-order valence-electron chi connectivity index (χ2n) is 9.75. The van der Waals surface area contributed by atoms with E-state index in [0.717, 1.165) is 57.4 Å². The van der Waals surface area contributed by atoms with Crippen LogP contribution in [0.25, 0.3) is 10.8 Å². The van der Waals surface area contributed by atoms with Gasteiger partial charge in [0.2, 0.25) is 0 Å². The molecular formula is C31H34N4O. The van der Waals surface area contributed by atoms with E-state index in [4.69, 9.17) is 0 Å². The summed E-state index contributed by atoms with van der Waals surface area (Å²) in [6.45, 7) is 8.50. The van der Waals surface area contributed by atoms with Gasteiger partial charge in [-0.2, -0.15) is 15.3 Å². The van der Waals surface area contributed by atoms with Crippen LogP contribution in [-0.4, -0.2) is 5.11 Å². The minimum absolute atomic E-state index is 0.164. The monoisotopic (exact) mass is 478 g/mol. The van der Waals surface area contributed by atoms with Crippen molar-refractivity contribution in [2.24, 2.45) is 26.4 Å². The van der Waals surface area contributed by atoms with Gasteiger partial charge >= 0.3 is 0 Å². The van der Waals surface area contributed by atoms with Crippen LogP contribution in [-0.2, 0) is 6.42 Å². The third kappa shape index (κ3) is 6.22. The summed E-state index contributed by atoms with van der Waals surface area (Å²) in [5.74, 6) is 0.879. The van der Waals surface area contributed by atoms with Crippen molar-refractivity contribution in [3.63, 3.8) is 0 Å². The van der Waals surface area contributed by atoms with Gasteiger partial charge in [0.15, 0.2) is 0 Å². The number of azo groups is 2. The molecule has 0 saturated carbocycles. The molecule has 5 heteroatoms. The van der Waals surface area contributed by atoms with Gasteiger partial charge in [0.25, 0.3) is 0 Å². The summed E-state index contributed by atoms with van der Waals surface area (Å²) in [6.07, 6.45) is 4.46. The number of fused-ring (bicyclic) bond motifs is 1. The predicted molar refractivity (Wildman–Crippen MR) is 149 cm³/mol. The van der Waals surface area contributed by atoms with E-state index in [0.29, 0.717) is 11.6 Å². The zero-order chi connectivity index (χ0) is 25.5. The number of aromatic hydroxyl groups is 1.